The molecule has 12 heavy (non-hydrogen) atoms. The Bertz CT molecular complexity index is 128. The Balaban J connectivity index is 3.47. The number of rotatable bonds is 6. The lowest BCUT2D eigenvalue weighted by atomic mass is 10.3. The largest absolute Gasteiger partial charge is 0.367 e. The van der Waals surface area contributed by atoms with Crippen LogP contribution in [-0.2, 0) is 9.53 Å². The molecule has 0 rings (SSSR count). The standard InChI is InChI=1S/C8H18N2O2/c1-3-5-10-8(11)7(2)12-6-4-9/h7H,3-6,9H2,1-2H3,(H,10,11). The van der Waals surface area contributed by atoms with Gasteiger partial charge in [-0.3, -0.25) is 4.79 Å². The quantitative estimate of drug-likeness (QED) is 0.590. The highest BCUT2D eigenvalue weighted by Gasteiger charge is 2.10. The number of nitrogens with one attached hydrogen (secondary N) is 1. The summed E-state index contributed by atoms with van der Waals surface area (Å²) in [5, 5.41) is 2.74. The molecular weight excluding hydrogens is 156 g/mol. The van der Waals surface area contributed by atoms with E-state index in [1.807, 2.05) is 6.92 Å². The lowest BCUT2D eigenvalue weighted by Gasteiger charge is -2.11. The van der Waals surface area contributed by atoms with Crippen molar-refractivity contribution in [2.75, 3.05) is 19.7 Å². The second-order valence-electron chi connectivity index (χ2n) is 2.59. The van der Waals surface area contributed by atoms with Gasteiger partial charge in [-0.05, 0) is 13.3 Å². The molecule has 1 amide bonds. The molecule has 4 heteroatoms. The molecule has 4 nitrogen and oxygen atoms in total. The van der Waals surface area contributed by atoms with Crippen molar-refractivity contribution in [1.82, 2.24) is 5.32 Å². The molecule has 0 bridgehead atoms. The van der Waals surface area contributed by atoms with Crippen LogP contribution in [0.1, 0.15) is 20.3 Å². The van der Waals surface area contributed by atoms with Gasteiger partial charge in [0, 0.05) is 13.1 Å². The van der Waals surface area contributed by atoms with E-state index in [4.69, 9.17) is 10.5 Å². The molecule has 0 aromatic heterocycles. The minimum Gasteiger partial charge on any atom is -0.367 e. The Labute approximate surface area is 73.5 Å². The summed E-state index contributed by atoms with van der Waals surface area (Å²) < 4.78 is 5.11. The predicted octanol–water partition coefficient (Wildman–Crippen LogP) is -0.124. The molecule has 0 aromatic carbocycles. The Hall–Kier alpha value is -0.610. The topological polar surface area (TPSA) is 64.3 Å². The predicted molar refractivity (Wildman–Crippen MR) is 47.8 cm³/mol. The van der Waals surface area contributed by atoms with Crippen molar-refractivity contribution in [3.63, 3.8) is 0 Å². The van der Waals surface area contributed by atoms with Gasteiger partial charge in [0.05, 0.1) is 6.61 Å². The molecule has 1 atom stereocenters. The fourth-order valence-corrected chi connectivity index (χ4v) is 0.712. The molecule has 0 radical (unpaired) electrons. The van der Waals surface area contributed by atoms with Crippen LogP contribution in [0.4, 0.5) is 0 Å². The van der Waals surface area contributed by atoms with Crippen molar-refractivity contribution in [2.24, 2.45) is 5.73 Å². The van der Waals surface area contributed by atoms with Gasteiger partial charge in [0.2, 0.25) is 5.91 Å². The van der Waals surface area contributed by atoms with Gasteiger partial charge in [0.1, 0.15) is 6.10 Å². The van der Waals surface area contributed by atoms with Crippen LogP contribution in [-0.4, -0.2) is 31.7 Å². The van der Waals surface area contributed by atoms with Crippen LogP contribution >= 0.6 is 0 Å². The number of ether oxygens (including phenoxy) is 1. The van der Waals surface area contributed by atoms with Crippen LogP contribution < -0.4 is 11.1 Å². The molecular formula is C8H18N2O2. The zero-order valence-corrected chi connectivity index (χ0v) is 7.80. The van der Waals surface area contributed by atoms with Gasteiger partial charge in [-0.15, -0.1) is 0 Å². The van der Waals surface area contributed by atoms with E-state index in [1.54, 1.807) is 6.92 Å². The average Bonchev–Trinajstić information content (AvgIpc) is 2.10. The molecule has 0 aliphatic carbocycles. The first kappa shape index (κ1) is 11.4. The van der Waals surface area contributed by atoms with E-state index in [0.29, 0.717) is 19.7 Å². The molecule has 72 valence electrons. The third-order valence-corrected chi connectivity index (χ3v) is 1.40. The van der Waals surface area contributed by atoms with Crippen LogP contribution in [0.15, 0.2) is 0 Å². The van der Waals surface area contributed by atoms with E-state index in [0.717, 1.165) is 6.42 Å². The van der Waals surface area contributed by atoms with Gasteiger partial charge in [-0.25, -0.2) is 0 Å². The molecule has 0 fully saturated rings. The molecule has 0 saturated heterocycles. The van der Waals surface area contributed by atoms with E-state index in [2.05, 4.69) is 5.32 Å². The summed E-state index contributed by atoms with van der Waals surface area (Å²) >= 11 is 0. The summed E-state index contributed by atoms with van der Waals surface area (Å²) in [4.78, 5) is 11.1. The summed E-state index contributed by atoms with van der Waals surface area (Å²) in [7, 11) is 0. The zero-order chi connectivity index (χ0) is 9.40. The fourth-order valence-electron chi connectivity index (χ4n) is 0.712. The molecule has 1 unspecified atom stereocenters. The minimum atomic E-state index is -0.389. The van der Waals surface area contributed by atoms with E-state index < -0.39 is 0 Å². The number of hydrogen-bond donors (Lipinski definition) is 2. The van der Waals surface area contributed by atoms with Crippen molar-refractivity contribution in [3.8, 4) is 0 Å². The van der Waals surface area contributed by atoms with Crippen LogP contribution in [0.25, 0.3) is 0 Å². The van der Waals surface area contributed by atoms with E-state index >= 15 is 0 Å². The van der Waals surface area contributed by atoms with Crippen LogP contribution in [0.5, 0.6) is 0 Å². The van der Waals surface area contributed by atoms with Gasteiger partial charge >= 0.3 is 0 Å². The van der Waals surface area contributed by atoms with E-state index in [-0.39, 0.29) is 12.0 Å². The summed E-state index contributed by atoms with van der Waals surface area (Å²) in [5.41, 5.74) is 5.22. The highest BCUT2D eigenvalue weighted by Crippen LogP contribution is 1.89. The summed E-state index contributed by atoms with van der Waals surface area (Å²) in [6.07, 6.45) is 0.551. The van der Waals surface area contributed by atoms with Gasteiger partial charge in [0.15, 0.2) is 0 Å². The SMILES string of the molecule is CCCNC(=O)C(C)OCCN. The van der Waals surface area contributed by atoms with Gasteiger partial charge in [-0.1, -0.05) is 6.92 Å². The van der Waals surface area contributed by atoms with E-state index in [9.17, 15) is 4.79 Å². The molecule has 0 spiro atoms. The number of carbonyl (C=O) groups is 1. The number of amides is 1. The first-order valence-corrected chi connectivity index (χ1v) is 4.31. The summed E-state index contributed by atoms with van der Waals surface area (Å²) in [6, 6.07) is 0. The number of nitrogens with two attached hydrogens (primary N) is 1. The third kappa shape index (κ3) is 5.09. The van der Waals surface area contributed by atoms with Gasteiger partial charge < -0.3 is 15.8 Å². The van der Waals surface area contributed by atoms with E-state index in [1.165, 1.54) is 0 Å². The second-order valence-corrected chi connectivity index (χ2v) is 2.59. The first-order chi connectivity index (χ1) is 5.72. The van der Waals surface area contributed by atoms with Crippen molar-refractivity contribution in [1.29, 1.82) is 0 Å². The maximum Gasteiger partial charge on any atom is 0.248 e. The second kappa shape index (κ2) is 7.06. The number of hydrogen-bond acceptors (Lipinski definition) is 3. The third-order valence-electron chi connectivity index (χ3n) is 1.40. The minimum absolute atomic E-state index is 0.0645. The molecule has 0 saturated carbocycles. The van der Waals surface area contributed by atoms with Crippen molar-refractivity contribution >= 4 is 5.91 Å². The first-order valence-electron chi connectivity index (χ1n) is 4.31. The van der Waals surface area contributed by atoms with Crippen molar-refractivity contribution < 1.29 is 9.53 Å². The molecule has 0 aliphatic rings. The summed E-state index contributed by atoms with van der Waals surface area (Å²) in [6.45, 7) is 5.31. The van der Waals surface area contributed by atoms with Crippen LogP contribution in [0.2, 0.25) is 0 Å². The smallest absolute Gasteiger partial charge is 0.248 e. The van der Waals surface area contributed by atoms with Crippen molar-refractivity contribution in [3.05, 3.63) is 0 Å². The maximum atomic E-state index is 11.1. The Morgan fingerprint density at radius 2 is 2.33 bits per heavy atom. The number of carbonyl (C=O) groups excluding carboxylic acids is 1. The monoisotopic (exact) mass is 174 g/mol. The van der Waals surface area contributed by atoms with Gasteiger partial charge in [-0.2, -0.15) is 0 Å². The maximum absolute atomic E-state index is 11.1. The molecule has 0 aliphatic heterocycles. The molecule has 0 aromatic rings. The zero-order valence-electron chi connectivity index (χ0n) is 7.80. The highest BCUT2D eigenvalue weighted by atomic mass is 16.5. The highest BCUT2D eigenvalue weighted by molar-refractivity contribution is 5.80. The van der Waals surface area contributed by atoms with Crippen LogP contribution in [0, 0.1) is 0 Å². The van der Waals surface area contributed by atoms with Crippen LogP contribution in [0.3, 0.4) is 0 Å². The lowest BCUT2D eigenvalue weighted by molar-refractivity contribution is -0.131. The normalized spacial score (nSPS) is 12.6. The lowest BCUT2D eigenvalue weighted by Crippen LogP contribution is -2.35. The molecule has 0 heterocycles. The Kier molecular flexibility index (Phi) is 6.70. The Morgan fingerprint density at radius 1 is 1.67 bits per heavy atom. The fraction of sp³-hybridized carbons (Fsp3) is 0.875. The van der Waals surface area contributed by atoms with Crippen molar-refractivity contribution in [2.45, 2.75) is 26.4 Å². The average molecular weight is 174 g/mol. The summed E-state index contributed by atoms with van der Waals surface area (Å²) in [5.74, 6) is -0.0645. The van der Waals surface area contributed by atoms with Gasteiger partial charge in [0.25, 0.3) is 0 Å². The molecule has 3 N–H and O–H groups in total. The Morgan fingerprint density at radius 3 is 2.83 bits per heavy atom.